The van der Waals surface area contributed by atoms with Gasteiger partial charge in [-0.3, -0.25) is 0 Å². The number of esters is 1. The number of rotatable bonds is 2. The lowest BCUT2D eigenvalue weighted by atomic mass is 10.1. The van der Waals surface area contributed by atoms with Crippen LogP contribution in [0.15, 0.2) is 23.3 Å². The number of carbonyl (C=O) groups is 1. The van der Waals surface area contributed by atoms with E-state index < -0.39 is 18.1 Å². The molecule has 0 heterocycles. The zero-order valence-corrected chi connectivity index (χ0v) is 7.72. The molecular formula is C9H11F2NO2. The van der Waals surface area contributed by atoms with Crippen LogP contribution < -0.4 is 5.73 Å². The topological polar surface area (TPSA) is 52.3 Å². The molecular weight excluding hydrogens is 192 g/mol. The average Bonchev–Trinajstić information content (AvgIpc) is 2.48. The highest BCUT2D eigenvalue weighted by Gasteiger charge is 2.26. The molecule has 1 aliphatic rings. The van der Waals surface area contributed by atoms with Gasteiger partial charge in [0.2, 0.25) is 0 Å². The number of hydrogen-bond acceptors (Lipinski definition) is 3. The van der Waals surface area contributed by atoms with Gasteiger partial charge >= 0.3 is 5.97 Å². The summed E-state index contributed by atoms with van der Waals surface area (Å²) in [4.78, 5) is 11.1. The molecule has 0 fully saturated rings. The van der Waals surface area contributed by atoms with E-state index >= 15 is 0 Å². The van der Waals surface area contributed by atoms with E-state index in [2.05, 4.69) is 4.74 Å². The van der Waals surface area contributed by atoms with Crippen molar-refractivity contribution in [2.24, 2.45) is 5.73 Å². The number of hydrogen-bond donors (Lipinski definition) is 1. The normalized spacial score (nSPS) is 20.7. The molecule has 1 atom stereocenters. The van der Waals surface area contributed by atoms with Crippen LogP contribution in [0.3, 0.4) is 0 Å². The van der Waals surface area contributed by atoms with Gasteiger partial charge in [-0.15, -0.1) is 0 Å². The standard InChI is InChI=1S/C9H11F2NO2/c1-2-14-9(13)5-3-6(8(10)11)7(12)4-5/h4,7H,2-3,12H2,1H3/t7-/m0/s1. The molecule has 0 aromatic heterocycles. The fraction of sp³-hybridized carbons (Fsp3) is 0.444. The first-order valence-corrected chi connectivity index (χ1v) is 4.23. The highest BCUT2D eigenvalue weighted by Crippen LogP contribution is 2.28. The van der Waals surface area contributed by atoms with Crippen LogP contribution >= 0.6 is 0 Å². The van der Waals surface area contributed by atoms with Gasteiger partial charge in [-0.2, -0.15) is 8.78 Å². The smallest absolute Gasteiger partial charge is 0.334 e. The second-order valence-electron chi connectivity index (χ2n) is 2.90. The van der Waals surface area contributed by atoms with E-state index in [9.17, 15) is 13.6 Å². The molecule has 0 spiro atoms. The minimum atomic E-state index is -1.81. The Morgan fingerprint density at radius 3 is 2.79 bits per heavy atom. The van der Waals surface area contributed by atoms with E-state index in [1.165, 1.54) is 6.08 Å². The zero-order valence-electron chi connectivity index (χ0n) is 7.72. The van der Waals surface area contributed by atoms with Crippen molar-refractivity contribution >= 4 is 5.97 Å². The number of ether oxygens (including phenoxy) is 1. The molecule has 0 aromatic rings. The SMILES string of the molecule is CCOC(=O)C1=C[C@H](N)C(=C(F)F)C1. The Balaban J connectivity index is 2.74. The predicted molar refractivity (Wildman–Crippen MR) is 46.6 cm³/mol. The second kappa shape index (κ2) is 4.32. The maximum atomic E-state index is 12.2. The monoisotopic (exact) mass is 203 g/mol. The molecule has 3 nitrogen and oxygen atoms in total. The highest BCUT2D eigenvalue weighted by molar-refractivity contribution is 5.90. The molecule has 0 unspecified atom stereocenters. The van der Waals surface area contributed by atoms with Gasteiger partial charge in [0.15, 0.2) is 0 Å². The predicted octanol–water partition coefficient (Wildman–Crippen LogP) is 1.36. The van der Waals surface area contributed by atoms with Crippen molar-refractivity contribution in [3.63, 3.8) is 0 Å². The molecule has 0 radical (unpaired) electrons. The van der Waals surface area contributed by atoms with Gasteiger partial charge < -0.3 is 10.5 Å². The Kier molecular flexibility index (Phi) is 3.35. The lowest BCUT2D eigenvalue weighted by Crippen LogP contribution is -2.16. The van der Waals surface area contributed by atoms with Gasteiger partial charge in [-0.05, 0) is 6.92 Å². The van der Waals surface area contributed by atoms with Crippen LogP contribution in [0.25, 0.3) is 0 Å². The Hall–Kier alpha value is -1.23. The minimum absolute atomic E-state index is 0.109. The van der Waals surface area contributed by atoms with Gasteiger partial charge in [0.25, 0.3) is 6.08 Å². The molecule has 0 saturated carbocycles. The number of halogens is 2. The summed E-state index contributed by atoms with van der Waals surface area (Å²) in [7, 11) is 0. The quantitative estimate of drug-likeness (QED) is 0.689. The first-order valence-electron chi connectivity index (χ1n) is 4.23. The Morgan fingerprint density at radius 2 is 2.36 bits per heavy atom. The van der Waals surface area contributed by atoms with Crippen molar-refractivity contribution in [3.8, 4) is 0 Å². The average molecular weight is 203 g/mol. The van der Waals surface area contributed by atoms with Crippen molar-refractivity contribution in [2.75, 3.05) is 6.61 Å². The minimum Gasteiger partial charge on any atom is -0.463 e. The fourth-order valence-electron chi connectivity index (χ4n) is 1.26. The van der Waals surface area contributed by atoms with Crippen LogP contribution in [0.2, 0.25) is 0 Å². The second-order valence-corrected chi connectivity index (χ2v) is 2.90. The summed E-state index contributed by atoms with van der Waals surface area (Å²) in [5.41, 5.74) is 5.39. The Labute approximate surface area is 80.2 Å². The van der Waals surface area contributed by atoms with Crippen LogP contribution in [0, 0.1) is 0 Å². The maximum Gasteiger partial charge on any atom is 0.334 e. The van der Waals surface area contributed by atoms with Crippen molar-refractivity contribution < 1.29 is 18.3 Å². The van der Waals surface area contributed by atoms with Gasteiger partial charge in [-0.25, -0.2) is 4.79 Å². The van der Waals surface area contributed by atoms with Crippen LogP contribution in [0.1, 0.15) is 13.3 Å². The van der Waals surface area contributed by atoms with Crippen LogP contribution in [-0.4, -0.2) is 18.6 Å². The largest absolute Gasteiger partial charge is 0.463 e. The Morgan fingerprint density at radius 1 is 1.71 bits per heavy atom. The fourth-order valence-corrected chi connectivity index (χ4v) is 1.26. The lowest BCUT2D eigenvalue weighted by molar-refractivity contribution is -0.138. The van der Waals surface area contributed by atoms with E-state index in [0.717, 1.165) is 0 Å². The highest BCUT2D eigenvalue weighted by atomic mass is 19.3. The summed E-state index contributed by atoms with van der Waals surface area (Å²) in [5.74, 6) is -0.570. The summed E-state index contributed by atoms with van der Waals surface area (Å²) in [5, 5.41) is 0. The molecule has 0 bridgehead atoms. The maximum absolute atomic E-state index is 12.2. The molecule has 0 aliphatic heterocycles. The van der Waals surface area contributed by atoms with E-state index in [1.807, 2.05) is 0 Å². The number of carbonyl (C=O) groups excluding carboxylic acids is 1. The van der Waals surface area contributed by atoms with Gasteiger partial charge in [0.1, 0.15) is 0 Å². The third kappa shape index (κ3) is 2.17. The van der Waals surface area contributed by atoms with Crippen molar-refractivity contribution in [1.29, 1.82) is 0 Å². The van der Waals surface area contributed by atoms with Gasteiger partial charge in [0, 0.05) is 17.6 Å². The summed E-state index contributed by atoms with van der Waals surface area (Å²) in [6, 6.07) is -0.862. The first kappa shape index (κ1) is 10.8. The Bertz CT molecular complexity index is 306. The zero-order chi connectivity index (χ0) is 10.7. The van der Waals surface area contributed by atoms with Crippen LogP contribution in [0.5, 0.6) is 0 Å². The molecule has 5 heteroatoms. The van der Waals surface area contributed by atoms with Gasteiger partial charge in [-0.1, -0.05) is 6.08 Å². The molecule has 2 N–H and O–H groups in total. The first-order chi connectivity index (χ1) is 6.56. The van der Waals surface area contributed by atoms with Crippen LogP contribution in [-0.2, 0) is 9.53 Å². The van der Waals surface area contributed by atoms with E-state index in [0.29, 0.717) is 0 Å². The third-order valence-corrected chi connectivity index (χ3v) is 1.94. The molecule has 1 rings (SSSR count). The number of nitrogens with two attached hydrogens (primary N) is 1. The molecule has 1 aliphatic carbocycles. The van der Waals surface area contributed by atoms with Crippen molar-refractivity contribution in [2.45, 2.75) is 19.4 Å². The lowest BCUT2D eigenvalue weighted by Gasteiger charge is -2.01. The summed E-state index contributed by atoms with van der Waals surface area (Å²) >= 11 is 0. The molecule has 14 heavy (non-hydrogen) atoms. The third-order valence-electron chi connectivity index (χ3n) is 1.94. The van der Waals surface area contributed by atoms with E-state index in [1.54, 1.807) is 6.92 Å². The van der Waals surface area contributed by atoms with E-state index in [4.69, 9.17) is 5.73 Å². The van der Waals surface area contributed by atoms with Gasteiger partial charge in [0.05, 0.1) is 12.6 Å². The molecule has 0 saturated heterocycles. The molecule has 0 amide bonds. The van der Waals surface area contributed by atoms with E-state index in [-0.39, 0.29) is 24.2 Å². The summed E-state index contributed by atoms with van der Waals surface area (Å²) < 4.78 is 29.1. The van der Waals surface area contributed by atoms with Crippen molar-refractivity contribution in [3.05, 3.63) is 23.3 Å². The molecule has 78 valence electrons. The summed E-state index contributed by atoms with van der Waals surface area (Å²) in [6.45, 7) is 1.88. The van der Waals surface area contributed by atoms with Crippen LogP contribution in [0.4, 0.5) is 8.78 Å². The van der Waals surface area contributed by atoms with Crippen molar-refractivity contribution in [1.82, 2.24) is 0 Å². The summed E-state index contributed by atoms with van der Waals surface area (Å²) in [6.07, 6.45) is -0.609. The molecule has 0 aromatic carbocycles.